The van der Waals surface area contributed by atoms with Crippen LogP contribution in [-0.2, 0) is 10.8 Å². The lowest BCUT2D eigenvalue weighted by atomic mass is 10.1. The Kier molecular flexibility index (Phi) is 5.43. The summed E-state index contributed by atoms with van der Waals surface area (Å²) in [7, 11) is -0.780. The molecule has 1 aliphatic heterocycles. The number of hydrogen-bond acceptors (Lipinski definition) is 4. The summed E-state index contributed by atoms with van der Waals surface area (Å²) in [5.74, 6) is 2.30. The average molecular weight is 297 g/mol. The summed E-state index contributed by atoms with van der Waals surface area (Å²) in [6.45, 7) is 5.57. The van der Waals surface area contributed by atoms with E-state index in [1.807, 2.05) is 12.1 Å². The van der Waals surface area contributed by atoms with Crippen molar-refractivity contribution in [1.82, 2.24) is 5.32 Å². The minimum Gasteiger partial charge on any atom is -0.490 e. The minimum atomic E-state index is -0.780. The van der Waals surface area contributed by atoms with Crippen LogP contribution in [0.25, 0.3) is 0 Å². The molecule has 0 radical (unpaired) electrons. The lowest BCUT2D eigenvalue weighted by molar-refractivity contribution is 0.297. The Balaban J connectivity index is 2.04. The molecule has 3 atom stereocenters. The first-order valence-corrected chi connectivity index (χ1v) is 8.74. The molecule has 5 heteroatoms. The molecule has 4 nitrogen and oxygen atoms in total. The normalized spacial score (nSPS) is 18.9. The Labute approximate surface area is 123 Å². The fourth-order valence-electron chi connectivity index (χ4n) is 2.37. The lowest BCUT2D eigenvalue weighted by Gasteiger charge is -2.20. The van der Waals surface area contributed by atoms with Crippen LogP contribution in [0.3, 0.4) is 0 Å². The van der Waals surface area contributed by atoms with Gasteiger partial charge in [-0.1, -0.05) is 6.07 Å². The maximum absolute atomic E-state index is 11.2. The molecule has 2 rings (SSSR count). The summed E-state index contributed by atoms with van der Waals surface area (Å²) in [4.78, 5) is 0. The molecule has 20 heavy (non-hydrogen) atoms. The standard InChI is InChI=1S/C15H23NO3S/c1-11(10-20(3)17)16-12(2)13-5-6-14-15(9-13)19-8-4-7-18-14/h5-6,9,11-12,16H,4,7-8,10H2,1-3H3. The van der Waals surface area contributed by atoms with Crippen LogP contribution in [0.2, 0.25) is 0 Å². The summed E-state index contributed by atoms with van der Waals surface area (Å²) in [5, 5.41) is 3.46. The van der Waals surface area contributed by atoms with Gasteiger partial charge >= 0.3 is 0 Å². The van der Waals surface area contributed by atoms with E-state index in [4.69, 9.17) is 9.47 Å². The van der Waals surface area contributed by atoms with Crippen molar-refractivity contribution in [3.8, 4) is 11.5 Å². The molecule has 1 aliphatic rings. The highest BCUT2D eigenvalue weighted by atomic mass is 32.2. The average Bonchev–Trinajstić information content (AvgIpc) is 2.61. The van der Waals surface area contributed by atoms with Crippen LogP contribution in [0.15, 0.2) is 18.2 Å². The highest BCUT2D eigenvalue weighted by Crippen LogP contribution is 2.32. The van der Waals surface area contributed by atoms with Crippen LogP contribution in [0.4, 0.5) is 0 Å². The number of fused-ring (bicyclic) bond motifs is 1. The molecule has 3 unspecified atom stereocenters. The van der Waals surface area contributed by atoms with Crippen molar-refractivity contribution in [3.63, 3.8) is 0 Å². The lowest BCUT2D eigenvalue weighted by Crippen LogP contribution is -2.33. The van der Waals surface area contributed by atoms with Gasteiger partial charge in [0.25, 0.3) is 0 Å². The predicted octanol–water partition coefficient (Wildman–Crippen LogP) is 2.27. The van der Waals surface area contributed by atoms with Crippen molar-refractivity contribution >= 4 is 10.8 Å². The Bertz CT molecular complexity index is 478. The van der Waals surface area contributed by atoms with Crippen molar-refractivity contribution in [2.24, 2.45) is 0 Å². The van der Waals surface area contributed by atoms with Crippen molar-refractivity contribution in [1.29, 1.82) is 0 Å². The van der Waals surface area contributed by atoms with Gasteiger partial charge in [0, 0.05) is 41.3 Å². The third-order valence-corrected chi connectivity index (χ3v) is 4.26. The molecule has 0 saturated carbocycles. The van der Waals surface area contributed by atoms with Crippen LogP contribution in [0, 0.1) is 0 Å². The van der Waals surface area contributed by atoms with E-state index in [1.165, 1.54) is 0 Å². The molecule has 0 aromatic heterocycles. The van der Waals surface area contributed by atoms with Gasteiger partial charge in [-0.3, -0.25) is 4.21 Å². The molecule has 1 N–H and O–H groups in total. The van der Waals surface area contributed by atoms with Gasteiger partial charge in [0.1, 0.15) is 0 Å². The van der Waals surface area contributed by atoms with Gasteiger partial charge in [-0.2, -0.15) is 0 Å². The Hall–Kier alpha value is -1.07. The van der Waals surface area contributed by atoms with Crippen molar-refractivity contribution in [2.45, 2.75) is 32.4 Å². The third-order valence-electron chi connectivity index (χ3n) is 3.29. The van der Waals surface area contributed by atoms with E-state index in [0.29, 0.717) is 19.0 Å². The van der Waals surface area contributed by atoms with E-state index in [0.717, 1.165) is 23.5 Å². The van der Waals surface area contributed by atoms with E-state index < -0.39 is 10.8 Å². The van der Waals surface area contributed by atoms with Gasteiger partial charge in [0.2, 0.25) is 0 Å². The molecular formula is C15H23NO3S. The maximum atomic E-state index is 11.2. The fourth-order valence-corrected chi connectivity index (χ4v) is 3.17. The summed E-state index contributed by atoms with van der Waals surface area (Å²) >= 11 is 0. The monoisotopic (exact) mass is 297 g/mol. The van der Waals surface area contributed by atoms with Gasteiger partial charge in [-0.05, 0) is 31.5 Å². The van der Waals surface area contributed by atoms with E-state index in [-0.39, 0.29) is 12.1 Å². The maximum Gasteiger partial charge on any atom is 0.161 e. The number of benzene rings is 1. The third kappa shape index (κ3) is 4.21. The number of nitrogens with one attached hydrogen (secondary N) is 1. The second-order valence-corrected chi connectivity index (χ2v) is 6.77. The van der Waals surface area contributed by atoms with E-state index in [9.17, 15) is 4.21 Å². The number of hydrogen-bond donors (Lipinski definition) is 1. The Morgan fingerprint density at radius 2 is 1.95 bits per heavy atom. The van der Waals surface area contributed by atoms with E-state index in [2.05, 4.69) is 25.2 Å². The molecule has 1 aromatic rings. The first-order valence-electron chi connectivity index (χ1n) is 7.02. The molecular weight excluding hydrogens is 274 g/mol. The second kappa shape index (κ2) is 7.09. The molecule has 1 aromatic carbocycles. The van der Waals surface area contributed by atoms with E-state index in [1.54, 1.807) is 6.26 Å². The van der Waals surface area contributed by atoms with Crippen LogP contribution >= 0.6 is 0 Å². The zero-order valence-electron chi connectivity index (χ0n) is 12.3. The molecule has 112 valence electrons. The van der Waals surface area contributed by atoms with Crippen LogP contribution in [0.5, 0.6) is 11.5 Å². The SMILES string of the molecule is CC(CS(C)=O)NC(C)c1ccc2c(c1)OCCCO2. The first-order chi connectivity index (χ1) is 9.56. The summed E-state index contributed by atoms with van der Waals surface area (Å²) in [6.07, 6.45) is 2.65. The zero-order chi connectivity index (χ0) is 14.5. The molecule has 0 aliphatic carbocycles. The molecule has 0 spiro atoms. The largest absolute Gasteiger partial charge is 0.490 e. The second-order valence-electron chi connectivity index (χ2n) is 5.29. The van der Waals surface area contributed by atoms with Gasteiger partial charge in [-0.15, -0.1) is 0 Å². The topological polar surface area (TPSA) is 47.6 Å². The minimum absolute atomic E-state index is 0.186. The zero-order valence-corrected chi connectivity index (χ0v) is 13.2. The summed E-state index contributed by atoms with van der Waals surface area (Å²) in [6, 6.07) is 6.46. The van der Waals surface area contributed by atoms with Crippen molar-refractivity contribution in [2.75, 3.05) is 25.2 Å². The molecule has 0 amide bonds. The number of ether oxygens (including phenoxy) is 2. The van der Waals surface area contributed by atoms with Gasteiger partial charge < -0.3 is 14.8 Å². The van der Waals surface area contributed by atoms with E-state index >= 15 is 0 Å². The van der Waals surface area contributed by atoms with Crippen molar-refractivity contribution < 1.29 is 13.7 Å². The predicted molar refractivity (Wildman–Crippen MR) is 82.0 cm³/mol. The van der Waals surface area contributed by atoms with Crippen LogP contribution in [0.1, 0.15) is 31.9 Å². The van der Waals surface area contributed by atoms with Gasteiger partial charge in [-0.25, -0.2) is 0 Å². The Morgan fingerprint density at radius 3 is 2.65 bits per heavy atom. The van der Waals surface area contributed by atoms with Crippen LogP contribution in [-0.4, -0.2) is 35.5 Å². The molecule has 1 heterocycles. The van der Waals surface area contributed by atoms with Gasteiger partial charge in [0.15, 0.2) is 11.5 Å². The van der Waals surface area contributed by atoms with Crippen molar-refractivity contribution in [3.05, 3.63) is 23.8 Å². The molecule has 0 saturated heterocycles. The highest BCUT2D eigenvalue weighted by molar-refractivity contribution is 7.84. The fraction of sp³-hybridized carbons (Fsp3) is 0.600. The quantitative estimate of drug-likeness (QED) is 0.905. The number of rotatable bonds is 5. The smallest absolute Gasteiger partial charge is 0.161 e. The molecule has 0 bridgehead atoms. The summed E-state index contributed by atoms with van der Waals surface area (Å²) < 4.78 is 22.6. The Morgan fingerprint density at radius 1 is 1.25 bits per heavy atom. The summed E-state index contributed by atoms with van der Waals surface area (Å²) in [5.41, 5.74) is 1.16. The first kappa shape index (κ1) is 15.3. The molecule has 0 fully saturated rings. The van der Waals surface area contributed by atoms with Crippen LogP contribution < -0.4 is 14.8 Å². The highest BCUT2D eigenvalue weighted by Gasteiger charge is 2.15. The van der Waals surface area contributed by atoms with Gasteiger partial charge in [0.05, 0.1) is 13.2 Å².